The molecule has 3 rings (SSSR count). The molecule has 1 aliphatic rings. The van der Waals surface area contributed by atoms with Gasteiger partial charge in [-0.3, -0.25) is 14.6 Å². The van der Waals surface area contributed by atoms with E-state index in [4.69, 9.17) is 5.26 Å². The summed E-state index contributed by atoms with van der Waals surface area (Å²) in [6.07, 6.45) is 6.16. The molecule has 1 fully saturated rings. The molecule has 0 radical (unpaired) electrons. The van der Waals surface area contributed by atoms with Crippen molar-refractivity contribution in [1.82, 2.24) is 10.3 Å². The maximum Gasteiger partial charge on any atom is 0.227 e. The van der Waals surface area contributed by atoms with Crippen molar-refractivity contribution in [2.45, 2.75) is 32.2 Å². The van der Waals surface area contributed by atoms with Gasteiger partial charge in [-0.1, -0.05) is 18.2 Å². The third kappa shape index (κ3) is 4.91. The van der Waals surface area contributed by atoms with E-state index < -0.39 is 0 Å². The Hall–Kier alpha value is -3.20. The van der Waals surface area contributed by atoms with Crippen molar-refractivity contribution in [2.24, 2.45) is 11.8 Å². The van der Waals surface area contributed by atoms with Crippen LogP contribution in [0.2, 0.25) is 0 Å². The fourth-order valence-corrected chi connectivity index (χ4v) is 3.38. The number of rotatable bonds is 5. The summed E-state index contributed by atoms with van der Waals surface area (Å²) in [7, 11) is 0. The summed E-state index contributed by atoms with van der Waals surface area (Å²) >= 11 is 0. The zero-order valence-corrected chi connectivity index (χ0v) is 15.0. The molecule has 27 heavy (non-hydrogen) atoms. The molecule has 1 aliphatic carbocycles. The Bertz CT molecular complexity index is 837. The Labute approximate surface area is 158 Å². The molecule has 1 aromatic heterocycles. The van der Waals surface area contributed by atoms with Gasteiger partial charge in [0.05, 0.1) is 11.3 Å². The summed E-state index contributed by atoms with van der Waals surface area (Å²) in [6, 6.07) is 12.8. The van der Waals surface area contributed by atoms with Gasteiger partial charge >= 0.3 is 0 Å². The summed E-state index contributed by atoms with van der Waals surface area (Å²) in [6.45, 7) is 0.470. The molecule has 0 unspecified atom stereocenters. The van der Waals surface area contributed by atoms with Gasteiger partial charge in [-0.2, -0.15) is 5.26 Å². The van der Waals surface area contributed by atoms with E-state index in [1.54, 1.807) is 36.7 Å². The quantitative estimate of drug-likeness (QED) is 0.855. The number of hydrogen-bond donors (Lipinski definition) is 2. The Morgan fingerprint density at radius 1 is 1.04 bits per heavy atom. The second kappa shape index (κ2) is 8.95. The fourth-order valence-electron chi connectivity index (χ4n) is 3.38. The topological polar surface area (TPSA) is 94.9 Å². The normalized spacial score (nSPS) is 18.9. The zero-order chi connectivity index (χ0) is 19.1. The van der Waals surface area contributed by atoms with E-state index in [1.165, 1.54) is 0 Å². The number of amides is 2. The number of nitrogens with one attached hydrogen (secondary N) is 2. The molecule has 6 nitrogen and oxygen atoms in total. The van der Waals surface area contributed by atoms with Crippen LogP contribution in [0.1, 0.15) is 36.8 Å². The molecule has 1 heterocycles. The van der Waals surface area contributed by atoms with Gasteiger partial charge in [0.15, 0.2) is 0 Å². The number of hydrogen-bond acceptors (Lipinski definition) is 4. The first-order chi connectivity index (χ1) is 13.2. The number of carbonyl (C=O) groups is 2. The van der Waals surface area contributed by atoms with Crippen molar-refractivity contribution in [2.75, 3.05) is 5.32 Å². The lowest BCUT2D eigenvalue weighted by Crippen LogP contribution is -2.35. The Kier molecular flexibility index (Phi) is 6.16. The summed E-state index contributed by atoms with van der Waals surface area (Å²) in [5.41, 5.74) is 1.96. The SMILES string of the molecule is N#Cc1ccccc1NC(=O)C1CCC(C(=O)NCc2cccnc2)CC1. The van der Waals surface area contributed by atoms with Crippen LogP contribution in [0.3, 0.4) is 0 Å². The Morgan fingerprint density at radius 3 is 2.41 bits per heavy atom. The van der Waals surface area contributed by atoms with Gasteiger partial charge < -0.3 is 10.6 Å². The average molecular weight is 362 g/mol. The van der Waals surface area contributed by atoms with E-state index in [2.05, 4.69) is 21.7 Å². The van der Waals surface area contributed by atoms with E-state index in [0.29, 0.717) is 43.5 Å². The fraction of sp³-hybridized carbons (Fsp3) is 0.333. The largest absolute Gasteiger partial charge is 0.352 e. The minimum Gasteiger partial charge on any atom is -0.352 e. The number of benzene rings is 1. The minimum absolute atomic E-state index is 0.0348. The maximum absolute atomic E-state index is 12.5. The van der Waals surface area contributed by atoms with Crippen molar-refractivity contribution >= 4 is 17.5 Å². The number of nitriles is 1. The molecule has 0 aliphatic heterocycles. The standard InChI is InChI=1S/C21H22N4O2/c22-12-18-5-1-2-6-19(18)25-21(27)17-9-7-16(8-10-17)20(26)24-14-15-4-3-11-23-13-15/h1-6,11,13,16-17H,7-10,14H2,(H,24,26)(H,25,27). The molecular formula is C21H22N4O2. The van der Waals surface area contributed by atoms with Crippen LogP contribution in [-0.2, 0) is 16.1 Å². The number of pyridine rings is 1. The van der Waals surface area contributed by atoms with Gasteiger partial charge in [-0.15, -0.1) is 0 Å². The van der Waals surface area contributed by atoms with Gasteiger partial charge in [0, 0.05) is 30.8 Å². The van der Waals surface area contributed by atoms with E-state index in [1.807, 2.05) is 12.1 Å². The van der Waals surface area contributed by atoms with Crippen LogP contribution < -0.4 is 10.6 Å². The molecule has 0 bridgehead atoms. The summed E-state index contributed by atoms with van der Waals surface area (Å²) in [5.74, 6) is -0.226. The van der Waals surface area contributed by atoms with Crippen LogP contribution >= 0.6 is 0 Å². The Morgan fingerprint density at radius 2 is 1.74 bits per heavy atom. The van der Waals surface area contributed by atoms with Gasteiger partial charge in [0.1, 0.15) is 6.07 Å². The first-order valence-corrected chi connectivity index (χ1v) is 9.14. The van der Waals surface area contributed by atoms with Crippen molar-refractivity contribution in [3.8, 4) is 6.07 Å². The van der Waals surface area contributed by atoms with Crippen LogP contribution in [0, 0.1) is 23.2 Å². The molecule has 0 saturated heterocycles. The van der Waals surface area contributed by atoms with Gasteiger partial charge in [-0.05, 0) is 49.4 Å². The van der Waals surface area contributed by atoms with Gasteiger partial charge in [0.25, 0.3) is 0 Å². The first kappa shape index (κ1) is 18.6. The summed E-state index contributed by atoms with van der Waals surface area (Å²) in [4.78, 5) is 28.9. The second-order valence-electron chi connectivity index (χ2n) is 6.77. The lowest BCUT2D eigenvalue weighted by Gasteiger charge is -2.27. The monoisotopic (exact) mass is 362 g/mol. The lowest BCUT2D eigenvalue weighted by molar-refractivity contribution is -0.128. The van der Waals surface area contributed by atoms with Crippen molar-refractivity contribution in [1.29, 1.82) is 5.26 Å². The average Bonchev–Trinajstić information content (AvgIpc) is 2.73. The molecule has 0 atom stereocenters. The molecule has 6 heteroatoms. The van der Waals surface area contributed by atoms with Gasteiger partial charge in [-0.25, -0.2) is 0 Å². The molecule has 1 aromatic carbocycles. The molecule has 2 amide bonds. The highest BCUT2D eigenvalue weighted by Gasteiger charge is 2.30. The van der Waals surface area contributed by atoms with Crippen molar-refractivity contribution in [3.05, 3.63) is 59.9 Å². The lowest BCUT2D eigenvalue weighted by atomic mass is 9.81. The van der Waals surface area contributed by atoms with E-state index in [9.17, 15) is 9.59 Å². The number of para-hydroxylation sites is 1. The highest BCUT2D eigenvalue weighted by molar-refractivity contribution is 5.94. The third-order valence-electron chi connectivity index (χ3n) is 4.96. The van der Waals surface area contributed by atoms with E-state index in [-0.39, 0.29) is 23.7 Å². The highest BCUT2D eigenvalue weighted by atomic mass is 16.2. The first-order valence-electron chi connectivity index (χ1n) is 9.14. The molecule has 2 N–H and O–H groups in total. The van der Waals surface area contributed by atoms with Gasteiger partial charge in [0.2, 0.25) is 11.8 Å². The molecular weight excluding hydrogens is 340 g/mol. The number of aromatic nitrogens is 1. The second-order valence-corrected chi connectivity index (χ2v) is 6.77. The minimum atomic E-state index is -0.126. The maximum atomic E-state index is 12.5. The highest BCUT2D eigenvalue weighted by Crippen LogP contribution is 2.30. The van der Waals surface area contributed by atoms with E-state index >= 15 is 0 Å². The zero-order valence-electron chi connectivity index (χ0n) is 15.0. The van der Waals surface area contributed by atoms with Crippen molar-refractivity contribution in [3.63, 3.8) is 0 Å². The van der Waals surface area contributed by atoms with Crippen LogP contribution in [0.5, 0.6) is 0 Å². The molecule has 0 spiro atoms. The van der Waals surface area contributed by atoms with Crippen molar-refractivity contribution < 1.29 is 9.59 Å². The number of nitrogens with zero attached hydrogens (tertiary/aromatic N) is 2. The summed E-state index contributed by atoms with van der Waals surface area (Å²) in [5, 5.41) is 14.9. The number of anilines is 1. The number of carbonyl (C=O) groups excluding carboxylic acids is 2. The van der Waals surface area contributed by atoms with E-state index in [0.717, 1.165) is 5.56 Å². The van der Waals surface area contributed by atoms with Crippen LogP contribution in [0.4, 0.5) is 5.69 Å². The molecule has 2 aromatic rings. The summed E-state index contributed by atoms with van der Waals surface area (Å²) < 4.78 is 0. The molecule has 1 saturated carbocycles. The molecule has 138 valence electrons. The van der Waals surface area contributed by atoms with Crippen LogP contribution in [0.15, 0.2) is 48.8 Å². The predicted molar refractivity (Wildman–Crippen MR) is 101 cm³/mol. The Balaban J connectivity index is 1.47. The predicted octanol–water partition coefficient (Wildman–Crippen LogP) is 3.01. The van der Waals surface area contributed by atoms with Crippen LogP contribution in [0.25, 0.3) is 0 Å². The third-order valence-corrected chi connectivity index (χ3v) is 4.96. The van der Waals surface area contributed by atoms with Crippen LogP contribution in [-0.4, -0.2) is 16.8 Å². The smallest absolute Gasteiger partial charge is 0.227 e.